The molecule has 1 rings (SSSR count). The maximum absolute atomic E-state index is 5.30. The summed E-state index contributed by atoms with van der Waals surface area (Å²) in [4.78, 5) is 2.39. The molecular weight excluding hydrogens is 176 g/mol. The van der Waals surface area contributed by atoms with E-state index in [-0.39, 0.29) is 0 Å². The number of nitrogens with one attached hydrogen (secondary N) is 1. The van der Waals surface area contributed by atoms with Crippen LogP contribution in [0.5, 0.6) is 0 Å². The van der Waals surface area contributed by atoms with Crippen molar-refractivity contribution >= 4 is 0 Å². The third-order valence-electron chi connectivity index (χ3n) is 3.29. The predicted molar refractivity (Wildman–Crippen MR) is 59.6 cm³/mol. The Morgan fingerprint density at radius 1 is 1.29 bits per heavy atom. The first-order valence-corrected chi connectivity index (χ1v) is 5.61. The number of nitrogens with zero attached hydrogens (tertiary/aromatic N) is 1. The van der Waals surface area contributed by atoms with E-state index >= 15 is 0 Å². The normalized spacial score (nSPS) is 24.9. The molecule has 1 aliphatic rings. The fraction of sp³-hybridized carbons (Fsp3) is 1.00. The molecule has 0 amide bonds. The maximum Gasteiger partial charge on any atom is 0.0693 e. The molecular formula is C11H24N2O. The summed E-state index contributed by atoms with van der Waals surface area (Å²) in [5, 5.41) is 3.64. The molecule has 0 aromatic rings. The van der Waals surface area contributed by atoms with E-state index in [0.717, 1.165) is 0 Å². The molecule has 0 aromatic heterocycles. The van der Waals surface area contributed by atoms with Crippen LogP contribution in [0.25, 0.3) is 0 Å². The number of piperidine rings is 1. The first-order valence-electron chi connectivity index (χ1n) is 5.61. The summed E-state index contributed by atoms with van der Waals surface area (Å²) in [5.41, 5.74) is 0. The zero-order chi connectivity index (χ0) is 10.6. The van der Waals surface area contributed by atoms with Crippen molar-refractivity contribution in [1.82, 2.24) is 10.2 Å². The van der Waals surface area contributed by atoms with Gasteiger partial charge in [0.2, 0.25) is 0 Å². The van der Waals surface area contributed by atoms with Crippen LogP contribution in [-0.4, -0.2) is 50.3 Å². The van der Waals surface area contributed by atoms with Gasteiger partial charge in [-0.25, -0.2) is 0 Å². The van der Waals surface area contributed by atoms with Crippen molar-refractivity contribution in [2.24, 2.45) is 0 Å². The van der Waals surface area contributed by atoms with E-state index in [0.29, 0.717) is 18.2 Å². The molecule has 1 N–H and O–H groups in total. The summed E-state index contributed by atoms with van der Waals surface area (Å²) in [6, 6.07) is 1.13. The predicted octanol–water partition coefficient (Wildman–Crippen LogP) is 1.09. The van der Waals surface area contributed by atoms with Crippen LogP contribution in [0.1, 0.15) is 26.7 Å². The van der Waals surface area contributed by atoms with Crippen molar-refractivity contribution in [2.45, 2.75) is 44.9 Å². The van der Waals surface area contributed by atoms with Crippen LogP contribution < -0.4 is 5.32 Å². The van der Waals surface area contributed by atoms with Gasteiger partial charge in [-0.2, -0.15) is 0 Å². The van der Waals surface area contributed by atoms with Crippen LogP contribution >= 0.6 is 0 Å². The lowest BCUT2D eigenvalue weighted by atomic mass is 10.0. The Morgan fingerprint density at radius 2 is 1.86 bits per heavy atom. The van der Waals surface area contributed by atoms with Crippen molar-refractivity contribution in [3.63, 3.8) is 0 Å². The van der Waals surface area contributed by atoms with Gasteiger partial charge in [0.1, 0.15) is 0 Å². The SMILES string of the molecule is COC(C)C(C)NC1CCN(C)CC1. The van der Waals surface area contributed by atoms with E-state index in [1.54, 1.807) is 7.11 Å². The molecule has 1 aliphatic heterocycles. The Labute approximate surface area is 87.8 Å². The second kappa shape index (κ2) is 5.69. The summed E-state index contributed by atoms with van der Waals surface area (Å²) in [6.07, 6.45) is 2.82. The lowest BCUT2D eigenvalue weighted by Crippen LogP contribution is -2.47. The van der Waals surface area contributed by atoms with E-state index in [1.165, 1.54) is 25.9 Å². The highest BCUT2D eigenvalue weighted by atomic mass is 16.5. The Morgan fingerprint density at radius 3 is 2.36 bits per heavy atom. The molecule has 3 heteroatoms. The van der Waals surface area contributed by atoms with E-state index in [4.69, 9.17) is 4.74 Å². The van der Waals surface area contributed by atoms with Crippen LogP contribution in [0.4, 0.5) is 0 Å². The van der Waals surface area contributed by atoms with Crippen LogP contribution in [0.15, 0.2) is 0 Å². The van der Waals surface area contributed by atoms with Gasteiger partial charge >= 0.3 is 0 Å². The first kappa shape index (κ1) is 12.0. The second-order valence-corrected chi connectivity index (χ2v) is 4.47. The highest BCUT2D eigenvalue weighted by Crippen LogP contribution is 2.10. The van der Waals surface area contributed by atoms with Crippen molar-refractivity contribution in [3.8, 4) is 0 Å². The Balaban J connectivity index is 2.23. The average Bonchev–Trinajstić information content (AvgIpc) is 2.20. The van der Waals surface area contributed by atoms with Crippen LogP contribution in [-0.2, 0) is 4.74 Å². The van der Waals surface area contributed by atoms with Crippen LogP contribution in [0, 0.1) is 0 Å². The summed E-state index contributed by atoms with van der Waals surface area (Å²) in [6.45, 7) is 6.75. The second-order valence-electron chi connectivity index (χ2n) is 4.47. The molecule has 1 fully saturated rings. The van der Waals surface area contributed by atoms with E-state index < -0.39 is 0 Å². The minimum absolute atomic E-state index is 0.301. The van der Waals surface area contributed by atoms with Crippen LogP contribution in [0.3, 0.4) is 0 Å². The lowest BCUT2D eigenvalue weighted by Gasteiger charge is -2.33. The van der Waals surface area contributed by atoms with Gasteiger partial charge in [-0.05, 0) is 46.8 Å². The molecule has 14 heavy (non-hydrogen) atoms. The molecule has 84 valence electrons. The highest BCUT2D eigenvalue weighted by molar-refractivity contribution is 4.80. The summed E-state index contributed by atoms with van der Waals surface area (Å²) >= 11 is 0. The fourth-order valence-electron chi connectivity index (χ4n) is 1.89. The number of hydrogen-bond acceptors (Lipinski definition) is 3. The number of methoxy groups -OCH3 is 1. The third kappa shape index (κ3) is 3.56. The summed E-state index contributed by atoms with van der Waals surface area (Å²) in [5.74, 6) is 0. The van der Waals surface area contributed by atoms with Gasteiger partial charge in [0.25, 0.3) is 0 Å². The summed E-state index contributed by atoms with van der Waals surface area (Å²) in [7, 11) is 3.97. The van der Waals surface area contributed by atoms with Gasteiger partial charge in [-0.3, -0.25) is 0 Å². The minimum atomic E-state index is 0.301. The number of likely N-dealkylation sites (tertiary alicyclic amines) is 1. The molecule has 1 saturated heterocycles. The Hall–Kier alpha value is -0.120. The smallest absolute Gasteiger partial charge is 0.0693 e. The first-order chi connectivity index (χ1) is 6.63. The standard InChI is InChI=1S/C11H24N2O/c1-9(10(2)14-4)12-11-5-7-13(3)8-6-11/h9-12H,5-8H2,1-4H3. The molecule has 0 spiro atoms. The van der Waals surface area contributed by atoms with Crippen molar-refractivity contribution in [2.75, 3.05) is 27.2 Å². The zero-order valence-electron chi connectivity index (χ0n) is 9.92. The fourth-order valence-corrected chi connectivity index (χ4v) is 1.89. The van der Waals surface area contributed by atoms with Gasteiger partial charge in [0, 0.05) is 19.2 Å². The van der Waals surface area contributed by atoms with Crippen molar-refractivity contribution < 1.29 is 4.74 Å². The molecule has 0 radical (unpaired) electrons. The van der Waals surface area contributed by atoms with Crippen molar-refractivity contribution in [1.29, 1.82) is 0 Å². The molecule has 0 aliphatic carbocycles. The highest BCUT2D eigenvalue weighted by Gasteiger charge is 2.20. The average molecular weight is 200 g/mol. The lowest BCUT2D eigenvalue weighted by molar-refractivity contribution is 0.0795. The van der Waals surface area contributed by atoms with E-state index in [2.05, 4.69) is 31.1 Å². The van der Waals surface area contributed by atoms with Gasteiger partial charge in [-0.1, -0.05) is 0 Å². The van der Waals surface area contributed by atoms with E-state index in [1.807, 2.05) is 0 Å². The number of hydrogen-bond donors (Lipinski definition) is 1. The molecule has 2 atom stereocenters. The van der Waals surface area contributed by atoms with Gasteiger partial charge in [-0.15, -0.1) is 0 Å². The number of ether oxygens (including phenoxy) is 1. The van der Waals surface area contributed by atoms with Gasteiger partial charge < -0.3 is 15.0 Å². The maximum atomic E-state index is 5.30. The molecule has 3 nitrogen and oxygen atoms in total. The minimum Gasteiger partial charge on any atom is -0.380 e. The molecule has 2 unspecified atom stereocenters. The zero-order valence-corrected chi connectivity index (χ0v) is 9.92. The third-order valence-corrected chi connectivity index (χ3v) is 3.29. The van der Waals surface area contributed by atoms with E-state index in [9.17, 15) is 0 Å². The Bertz CT molecular complexity index is 155. The molecule has 0 aromatic carbocycles. The molecule has 1 heterocycles. The van der Waals surface area contributed by atoms with Crippen molar-refractivity contribution in [3.05, 3.63) is 0 Å². The van der Waals surface area contributed by atoms with Crippen LogP contribution in [0.2, 0.25) is 0 Å². The quantitative estimate of drug-likeness (QED) is 0.735. The van der Waals surface area contributed by atoms with Gasteiger partial charge in [0.15, 0.2) is 0 Å². The largest absolute Gasteiger partial charge is 0.380 e. The number of rotatable bonds is 4. The summed E-state index contributed by atoms with van der Waals surface area (Å²) < 4.78 is 5.30. The Kier molecular flexibility index (Phi) is 4.85. The van der Waals surface area contributed by atoms with Gasteiger partial charge in [0.05, 0.1) is 6.10 Å². The molecule has 0 saturated carbocycles. The molecule has 0 bridgehead atoms. The topological polar surface area (TPSA) is 24.5 Å². The monoisotopic (exact) mass is 200 g/mol.